The molecule has 5 nitrogen and oxygen atoms in total. The van der Waals surface area contributed by atoms with Crippen LogP contribution >= 0.6 is 0 Å². The third-order valence-corrected chi connectivity index (χ3v) is 2.67. The van der Waals surface area contributed by atoms with E-state index in [0.29, 0.717) is 23.5 Å². The number of carbonyl (C=O) groups is 1. The van der Waals surface area contributed by atoms with Gasteiger partial charge in [0.05, 0.1) is 6.61 Å². The number of ether oxygens (including phenoxy) is 1. The van der Waals surface area contributed by atoms with Crippen LogP contribution in [-0.4, -0.2) is 22.7 Å². The van der Waals surface area contributed by atoms with E-state index in [4.69, 9.17) is 10.5 Å². The second kappa shape index (κ2) is 5.39. The van der Waals surface area contributed by atoms with E-state index in [9.17, 15) is 9.90 Å². The standard InChI is InChI=1S/C14H14N2O3/c1-2-19-11-6-4-3-5-9(11)10-7-8-16-13(15)12(10)14(17)18/h3-8H,2H2,1H3,(H2,15,16)(H,17,18). The van der Waals surface area contributed by atoms with Gasteiger partial charge in [0.2, 0.25) is 0 Å². The molecule has 0 fully saturated rings. The minimum absolute atomic E-state index is 0.00342. The van der Waals surface area contributed by atoms with Gasteiger partial charge in [-0.05, 0) is 19.1 Å². The number of rotatable bonds is 4. The molecule has 0 saturated heterocycles. The number of aromatic carboxylic acids is 1. The second-order valence-electron chi connectivity index (χ2n) is 3.85. The summed E-state index contributed by atoms with van der Waals surface area (Å²) < 4.78 is 5.51. The third-order valence-electron chi connectivity index (χ3n) is 2.67. The molecule has 0 unspecified atom stereocenters. The number of nitrogens with zero attached hydrogens (tertiary/aromatic N) is 1. The molecule has 1 heterocycles. The summed E-state index contributed by atoms with van der Waals surface area (Å²) in [6, 6.07) is 8.87. The van der Waals surface area contributed by atoms with E-state index in [0.717, 1.165) is 0 Å². The van der Waals surface area contributed by atoms with Crippen LogP contribution < -0.4 is 10.5 Å². The molecule has 0 aliphatic rings. The number of hydrogen-bond acceptors (Lipinski definition) is 4. The average molecular weight is 258 g/mol. The summed E-state index contributed by atoms with van der Waals surface area (Å²) in [4.78, 5) is 15.1. The van der Waals surface area contributed by atoms with Gasteiger partial charge in [-0.3, -0.25) is 0 Å². The Hall–Kier alpha value is -2.56. The number of anilines is 1. The zero-order chi connectivity index (χ0) is 13.8. The van der Waals surface area contributed by atoms with Crippen molar-refractivity contribution in [3.8, 4) is 16.9 Å². The molecule has 3 N–H and O–H groups in total. The summed E-state index contributed by atoms with van der Waals surface area (Å²) in [5.41, 5.74) is 6.84. The molecule has 0 radical (unpaired) electrons. The summed E-state index contributed by atoms with van der Waals surface area (Å²) in [5.74, 6) is -0.485. The minimum atomic E-state index is -1.10. The van der Waals surface area contributed by atoms with E-state index in [1.54, 1.807) is 18.2 Å². The fourth-order valence-electron chi connectivity index (χ4n) is 1.90. The van der Waals surface area contributed by atoms with Crippen molar-refractivity contribution in [2.75, 3.05) is 12.3 Å². The van der Waals surface area contributed by atoms with Crippen LogP contribution in [0.4, 0.5) is 5.82 Å². The Bertz CT molecular complexity index is 611. The van der Waals surface area contributed by atoms with Crippen molar-refractivity contribution >= 4 is 11.8 Å². The summed E-state index contributed by atoms with van der Waals surface area (Å²) in [6.45, 7) is 2.37. The lowest BCUT2D eigenvalue weighted by Gasteiger charge is -2.12. The van der Waals surface area contributed by atoms with Gasteiger partial charge in [0.1, 0.15) is 17.1 Å². The first kappa shape index (κ1) is 12.9. The second-order valence-corrected chi connectivity index (χ2v) is 3.85. The van der Waals surface area contributed by atoms with E-state index >= 15 is 0 Å². The molecule has 0 aliphatic heterocycles. The lowest BCUT2D eigenvalue weighted by Crippen LogP contribution is -2.07. The van der Waals surface area contributed by atoms with Crippen LogP contribution in [0.2, 0.25) is 0 Å². The monoisotopic (exact) mass is 258 g/mol. The Morgan fingerprint density at radius 3 is 2.74 bits per heavy atom. The predicted molar refractivity (Wildman–Crippen MR) is 72.2 cm³/mol. The molecule has 0 saturated carbocycles. The summed E-state index contributed by atoms with van der Waals surface area (Å²) in [5, 5.41) is 9.27. The number of para-hydroxylation sites is 1. The van der Waals surface area contributed by atoms with Crippen molar-refractivity contribution < 1.29 is 14.6 Å². The minimum Gasteiger partial charge on any atom is -0.493 e. The molecule has 2 aromatic rings. The summed E-state index contributed by atoms with van der Waals surface area (Å²) in [6.07, 6.45) is 1.49. The Morgan fingerprint density at radius 1 is 1.32 bits per heavy atom. The van der Waals surface area contributed by atoms with Gasteiger partial charge in [-0.2, -0.15) is 0 Å². The van der Waals surface area contributed by atoms with Crippen molar-refractivity contribution in [3.63, 3.8) is 0 Å². The van der Waals surface area contributed by atoms with Gasteiger partial charge in [-0.1, -0.05) is 18.2 Å². The van der Waals surface area contributed by atoms with Crippen LogP contribution in [-0.2, 0) is 0 Å². The summed E-state index contributed by atoms with van der Waals surface area (Å²) >= 11 is 0. The van der Waals surface area contributed by atoms with Crippen LogP contribution in [0.5, 0.6) is 5.75 Å². The summed E-state index contributed by atoms with van der Waals surface area (Å²) in [7, 11) is 0. The van der Waals surface area contributed by atoms with Crippen molar-refractivity contribution in [3.05, 3.63) is 42.1 Å². The van der Waals surface area contributed by atoms with E-state index in [-0.39, 0.29) is 11.4 Å². The molecular weight excluding hydrogens is 244 g/mol. The number of benzene rings is 1. The van der Waals surface area contributed by atoms with Gasteiger partial charge >= 0.3 is 5.97 Å². The normalized spacial score (nSPS) is 10.2. The van der Waals surface area contributed by atoms with Crippen LogP contribution in [0.1, 0.15) is 17.3 Å². The van der Waals surface area contributed by atoms with Gasteiger partial charge in [-0.25, -0.2) is 9.78 Å². The van der Waals surface area contributed by atoms with Gasteiger partial charge in [0.25, 0.3) is 0 Å². The SMILES string of the molecule is CCOc1ccccc1-c1ccnc(N)c1C(=O)O. The Kier molecular flexibility index (Phi) is 3.66. The van der Waals surface area contributed by atoms with Crippen LogP contribution in [0.25, 0.3) is 11.1 Å². The van der Waals surface area contributed by atoms with Crippen LogP contribution in [0.15, 0.2) is 36.5 Å². The lowest BCUT2D eigenvalue weighted by molar-refractivity contribution is 0.0698. The molecule has 0 spiro atoms. The molecule has 0 atom stereocenters. The first-order valence-corrected chi connectivity index (χ1v) is 5.85. The first-order chi connectivity index (χ1) is 9.15. The number of hydrogen-bond donors (Lipinski definition) is 2. The smallest absolute Gasteiger partial charge is 0.340 e. The highest BCUT2D eigenvalue weighted by Crippen LogP contribution is 2.33. The molecular formula is C14H14N2O3. The van der Waals surface area contributed by atoms with Crippen molar-refractivity contribution in [2.24, 2.45) is 0 Å². The molecule has 0 aliphatic carbocycles. The van der Waals surface area contributed by atoms with E-state index < -0.39 is 5.97 Å². The number of carboxylic acid groups (broad SMARTS) is 1. The zero-order valence-electron chi connectivity index (χ0n) is 10.5. The average Bonchev–Trinajstić information content (AvgIpc) is 2.39. The van der Waals surface area contributed by atoms with Gasteiger partial charge in [-0.15, -0.1) is 0 Å². The Labute approximate surface area is 110 Å². The van der Waals surface area contributed by atoms with E-state index in [1.807, 2.05) is 19.1 Å². The van der Waals surface area contributed by atoms with Crippen LogP contribution in [0, 0.1) is 0 Å². The quantitative estimate of drug-likeness (QED) is 0.879. The maximum absolute atomic E-state index is 11.3. The maximum atomic E-state index is 11.3. The highest BCUT2D eigenvalue weighted by Gasteiger charge is 2.18. The molecule has 98 valence electrons. The zero-order valence-corrected chi connectivity index (χ0v) is 10.5. The topological polar surface area (TPSA) is 85.4 Å². The molecule has 5 heteroatoms. The number of aromatic nitrogens is 1. The lowest BCUT2D eigenvalue weighted by atomic mass is 10.00. The van der Waals surface area contributed by atoms with Crippen molar-refractivity contribution in [1.29, 1.82) is 0 Å². The van der Waals surface area contributed by atoms with Crippen molar-refractivity contribution in [1.82, 2.24) is 4.98 Å². The molecule has 19 heavy (non-hydrogen) atoms. The van der Waals surface area contributed by atoms with E-state index in [2.05, 4.69) is 4.98 Å². The number of nitrogens with two attached hydrogens (primary N) is 1. The number of carboxylic acids is 1. The molecule has 1 aromatic carbocycles. The Morgan fingerprint density at radius 2 is 2.05 bits per heavy atom. The molecule has 0 amide bonds. The van der Waals surface area contributed by atoms with Crippen molar-refractivity contribution in [2.45, 2.75) is 6.92 Å². The third kappa shape index (κ3) is 2.49. The number of nitrogen functional groups attached to an aromatic ring is 1. The van der Waals surface area contributed by atoms with Gasteiger partial charge < -0.3 is 15.6 Å². The fraction of sp³-hybridized carbons (Fsp3) is 0.143. The first-order valence-electron chi connectivity index (χ1n) is 5.85. The molecule has 0 bridgehead atoms. The maximum Gasteiger partial charge on any atom is 0.340 e. The van der Waals surface area contributed by atoms with Gasteiger partial charge in [0, 0.05) is 17.3 Å². The van der Waals surface area contributed by atoms with E-state index in [1.165, 1.54) is 6.20 Å². The molecule has 1 aromatic heterocycles. The van der Waals surface area contributed by atoms with Crippen LogP contribution in [0.3, 0.4) is 0 Å². The predicted octanol–water partition coefficient (Wildman–Crippen LogP) is 2.43. The van der Waals surface area contributed by atoms with Gasteiger partial charge in [0.15, 0.2) is 0 Å². The highest BCUT2D eigenvalue weighted by atomic mass is 16.5. The Balaban J connectivity index is 2.65. The largest absolute Gasteiger partial charge is 0.493 e. The highest BCUT2D eigenvalue weighted by molar-refractivity contribution is 6.01. The fourth-order valence-corrected chi connectivity index (χ4v) is 1.90. The number of pyridine rings is 1. The molecule has 2 rings (SSSR count).